The van der Waals surface area contributed by atoms with Crippen molar-refractivity contribution in [3.8, 4) is 0 Å². The number of rotatable bonds is 6. The molecule has 0 saturated heterocycles. The predicted octanol–water partition coefficient (Wildman–Crippen LogP) is 3.44. The molecule has 5 nitrogen and oxygen atoms in total. The quantitative estimate of drug-likeness (QED) is 0.858. The number of carbonyl (C=O) groups excluding carboxylic acids is 1. The average Bonchev–Trinajstić information content (AvgIpc) is 2.51. The van der Waals surface area contributed by atoms with Gasteiger partial charge in [0, 0.05) is 6.54 Å². The summed E-state index contributed by atoms with van der Waals surface area (Å²) < 4.78 is 18.2. The highest BCUT2D eigenvalue weighted by Gasteiger charge is 2.03. The molecule has 2 rings (SSSR count). The number of ether oxygens (including phenoxy) is 1. The van der Waals surface area contributed by atoms with Crippen molar-refractivity contribution in [1.29, 1.82) is 0 Å². The molecule has 0 aliphatic carbocycles. The maximum absolute atomic E-state index is 13.5. The molecule has 2 N–H and O–H groups in total. The second-order valence-electron chi connectivity index (χ2n) is 4.55. The van der Waals surface area contributed by atoms with Crippen LogP contribution in [0.1, 0.15) is 12.5 Å². The summed E-state index contributed by atoms with van der Waals surface area (Å²) in [5.41, 5.74) is 1.47. The molecule has 116 valence electrons. The highest BCUT2D eigenvalue weighted by molar-refractivity contribution is 5.83. The summed E-state index contributed by atoms with van der Waals surface area (Å²) in [5, 5.41) is 5.66. The number of nitrogens with one attached hydrogen (secondary N) is 2. The normalized spacial score (nSPS) is 10.1. The fourth-order valence-electron chi connectivity index (χ4n) is 1.89. The van der Waals surface area contributed by atoms with Crippen molar-refractivity contribution < 1.29 is 13.9 Å². The first-order valence-corrected chi connectivity index (χ1v) is 7.06. The number of nitrogens with zero attached hydrogens (tertiary/aromatic N) is 1. The van der Waals surface area contributed by atoms with E-state index in [9.17, 15) is 9.18 Å². The Bertz CT molecular complexity index is 617. The molecule has 0 atom stereocenters. The van der Waals surface area contributed by atoms with Gasteiger partial charge in [0.1, 0.15) is 11.6 Å². The third kappa shape index (κ3) is 4.73. The molecule has 6 heteroatoms. The molecule has 0 aliphatic rings. The van der Waals surface area contributed by atoms with Crippen LogP contribution < -0.4 is 10.6 Å². The first-order valence-electron chi connectivity index (χ1n) is 7.06. The van der Waals surface area contributed by atoms with Gasteiger partial charge < -0.3 is 10.1 Å². The van der Waals surface area contributed by atoms with E-state index in [1.807, 2.05) is 6.07 Å². The lowest BCUT2D eigenvalue weighted by Crippen LogP contribution is -2.14. The van der Waals surface area contributed by atoms with E-state index < -0.39 is 6.09 Å². The lowest BCUT2D eigenvalue weighted by molar-refractivity contribution is 0.168. The van der Waals surface area contributed by atoms with Gasteiger partial charge in [-0.2, -0.15) is 0 Å². The van der Waals surface area contributed by atoms with Crippen LogP contribution in [-0.4, -0.2) is 24.2 Å². The number of pyridine rings is 1. The molecule has 2 aromatic rings. The van der Waals surface area contributed by atoms with Gasteiger partial charge in [-0.25, -0.2) is 14.2 Å². The van der Waals surface area contributed by atoms with E-state index in [4.69, 9.17) is 4.74 Å². The minimum Gasteiger partial charge on any atom is -0.450 e. The van der Waals surface area contributed by atoms with Gasteiger partial charge in [-0.3, -0.25) is 5.32 Å². The number of amides is 1. The van der Waals surface area contributed by atoms with Gasteiger partial charge in [-0.05, 0) is 37.1 Å². The number of hydrogen-bond donors (Lipinski definition) is 2. The molecule has 0 aliphatic heterocycles. The second kappa shape index (κ2) is 7.97. The van der Waals surface area contributed by atoms with Crippen LogP contribution >= 0.6 is 0 Å². The number of anilines is 2. The van der Waals surface area contributed by atoms with Crippen LogP contribution in [0.25, 0.3) is 0 Å². The van der Waals surface area contributed by atoms with E-state index in [0.717, 1.165) is 5.69 Å². The third-order valence-electron chi connectivity index (χ3n) is 2.95. The summed E-state index contributed by atoms with van der Waals surface area (Å²) in [6.07, 6.45) is 1.65. The Morgan fingerprint density at radius 1 is 1.27 bits per heavy atom. The molecule has 0 saturated carbocycles. The monoisotopic (exact) mass is 303 g/mol. The molecular weight excluding hydrogens is 285 g/mol. The van der Waals surface area contributed by atoms with Crippen molar-refractivity contribution in [2.24, 2.45) is 0 Å². The van der Waals surface area contributed by atoms with Crippen LogP contribution in [0.3, 0.4) is 0 Å². The average molecular weight is 303 g/mol. The van der Waals surface area contributed by atoms with E-state index in [-0.39, 0.29) is 5.82 Å². The van der Waals surface area contributed by atoms with E-state index in [1.165, 1.54) is 6.07 Å². The standard InChI is InChI=1S/C16H18FN3O2/c1-2-22-16(21)20-15-8-7-13(11-19-15)18-10-9-12-5-3-4-6-14(12)17/h3-8,11,18H,2,9-10H2,1H3,(H,19,20,21). The Morgan fingerprint density at radius 2 is 2.09 bits per heavy atom. The number of carbonyl (C=O) groups is 1. The van der Waals surface area contributed by atoms with Gasteiger partial charge >= 0.3 is 6.09 Å². The van der Waals surface area contributed by atoms with Crippen molar-refractivity contribution in [3.63, 3.8) is 0 Å². The first-order chi connectivity index (χ1) is 10.7. The summed E-state index contributed by atoms with van der Waals surface area (Å²) >= 11 is 0. The van der Waals surface area contributed by atoms with Crippen LogP contribution in [0.4, 0.5) is 20.7 Å². The van der Waals surface area contributed by atoms with E-state index in [2.05, 4.69) is 15.6 Å². The molecule has 22 heavy (non-hydrogen) atoms. The number of hydrogen-bond acceptors (Lipinski definition) is 4. The molecule has 1 heterocycles. The van der Waals surface area contributed by atoms with Gasteiger partial charge in [0.15, 0.2) is 0 Å². The summed E-state index contributed by atoms with van der Waals surface area (Å²) in [6, 6.07) is 10.2. The topological polar surface area (TPSA) is 63.2 Å². The third-order valence-corrected chi connectivity index (χ3v) is 2.95. The molecule has 1 aromatic heterocycles. The number of benzene rings is 1. The van der Waals surface area contributed by atoms with Gasteiger partial charge in [0.25, 0.3) is 0 Å². The van der Waals surface area contributed by atoms with Crippen molar-refractivity contribution in [1.82, 2.24) is 4.98 Å². The van der Waals surface area contributed by atoms with Crippen LogP contribution in [0.5, 0.6) is 0 Å². The predicted molar refractivity (Wildman–Crippen MR) is 83.5 cm³/mol. The molecule has 1 amide bonds. The summed E-state index contributed by atoms with van der Waals surface area (Å²) in [4.78, 5) is 15.3. The second-order valence-corrected chi connectivity index (χ2v) is 4.55. The van der Waals surface area contributed by atoms with Crippen molar-refractivity contribution in [2.45, 2.75) is 13.3 Å². The maximum atomic E-state index is 13.5. The lowest BCUT2D eigenvalue weighted by Gasteiger charge is -2.08. The molecule has 0 bridgehead atoms. The summed E-state index contributed by atoms with van der Waals surface area (Å²) in [5.74, 6) is 0.217. The zero-order chi connectivity index (χ0) is 15.8. The van der Waals surface area contributed by atoms with E-state index in [1.54, 1.807) is 37.4 Å². The number of aromatic nitrogens is 1. The minimum atomic E-state index is -0.532. The molecule has 0 fully saturated rings. The van der Waals surface area contributed by atoms with Crippen molar-refractivity contribution in [2.75, 3.05) is 23.8 Å². The molecule has 0 radical (unpaired) electrons. The summed E-state index contributed by atoms with van der Waals surface area (Å²) in [7, 11) is 0. The fraction of sp³-hybridized carbons (Fsp3) is 0.250. The van der Waals surface area contributed by atoms with Crippen LogP contribution in [-0.2, 0) is 11.2 Å². The fourth-order valence-corrected chi connectivity index (χ4v) is 1.89. The molecule has 0 unspecified atom stereocenters. The van der Waals surface area contributed by atoms with Gasteiger partial charge in [-0.1, -0.05) is 18.2 Å². The zero-order valence-corrected chi connectivity index (χ0v) is 12.3. The minimum absolute atomic E-state index is 0.198. The van der Waals surface area contributed by atoms with Gasteiger partial charge in [0.2, 0.25) is 0 Å². The molecule has 1 aromatic carbocycles. The van der Waals surface area contributed by atoms with Crippen LogP contribution in [0, 0.1) is 5.82 Å². The van der Waals surface area contributed by atoms with E-state index in [0.29, 0.717) is 31.0 Å². The summed E-state index contributed by atoms with van der Waals surface area (Å²) in [6.45, 7) is 2.63. The Labute approximate surface area is 128 Å². The van der Waals surface area contributed by atoms with Crippen LogP contribution in [0.2, 0.25) is 0 Å². The highest BCUT2D eigenvalue weighted by Crippen LogP contribution is 2.11. The van der Waals surface area contributed by atoms with Crippen LogP contribution in [0.15, 0.2) is 42.6 Å². The lowest BCUT2D eigenvalue weighted by atomic mass is 10.1. The number of halogens is 1. The Morgan fingerprint density at radius 3 is 2.77 bits per heavy atom. The molecular formula is C16H18FN3O2. The largest absolute Gasteiger partial charge is 0.450 e. The highest BCUT2D eigenvalue weighted by atomic mass is 19.1. The van der Waals surface area contributed by atoms with Gasteiger partial charge in [-0.15, -0.1) is 0 Å². The first kappa shape index (κ1) is 15.8. The smallest absolute Gasteiger partial charge is 0.412 e. The Balaban J connectivity index is 1.81. The molecule has 0 spiro atoms. The van der Waals surface area contributed by atoms with E-state index >= 15 is 0 Å². The maximum Gasteiger partial charge on any atom is 0.412 e. The van der Waals surface area contributed by atoms with Crippen molar-refractivity contribution >= 4 is 17.6 Å². The SMILES string of the molecule is CCOC(=O)Nc1ccc(NCCc2ccccc2F)cn1. The zero-order valence-electron chi connectivity index (χ0n) is 12.3. The van der Waals surface area contributed by atoms with Crippen molar-refractivity contribution in [3.05, 3.63) is 54.0 Å². The Kier molecular flexibility index (Phi) is 5.71. The Hall–Kier alpha value is -2.63. The van der Waals surface area contributed by atoms with Gasteiger partial charge in [0.05, 0.1) is 18.5 Å².